The Kier molecular flexibility index (Phi) is 6.06. The van der Waals surface area contributed by atoms with Gasteiger partial charge in [0.25, 0.3) is 0 Å². The largest absolute Gasteiger partial charge is 0.444 e. The average molecular weight is 377 g/mol. The number of alkyl carbamates (subject to hydrolysis) is 1. The van der Waals surface area contributed by atoms with Crippen molar-refractivity contribution in [3.8, 4) is 0 Å². The standard InChI is InChI=1S/C14H20INO3/c1-14(2,3)19-13(18)16-12(9-17)8-10-4-6-11(15)7-5-10/h4-7,12,17H,8-9H2,1-3H3,(H,16,18)/t12-/m0/s1. The predicted molar refractivity (Wildman–Crippen MR) is 83.1 cm³/mol. The zero-order valence-corrected chi connectivity index (χ0v) is 13.6. The molecule has 2 N–H and O–H groups in total. The molecule has 0 fully saturated rings. The summed E-state index contributed by atoms with van der Waals surface area (Å²) in [6.07, 6.45) is 0.0733. The summed E-state index contributed by atoms with van der Waals surface area (Å²) in [7, 11) is 0. The highest BCUT2D eigenvalue weighted by Crippen LogP contribution is 2.10. The molecule has 0 aromatic heterocycles. The monoisotopic (exact) mass is 377 g/mol. The highest BCUT2D eigenvalue weighted by molar-refractivity contribution is 14.1. The van der Waals surface area contributed by atoms with Gasteiger partial charge in [0.1, 0.15) is 5.60 Å². The first-order chi connectivity index (χ1) is 8.80. The summed E-state index contributed by atoms with van der Waals surface area (Å²) in [4.78, 5) is 11.6. The molecule has 5 heteroatoms. The van der Waals surface area contributed by atoms with Gasteiger partial charge in [-0.2, -0.15) is 0 Å². The molecule has 0 saturated heterocycles. The molecule has 0 spiro atoms. The van der Waals surface area contributed by atoms with E-state index in [9.17, 15) is 9.90 Å². The number of aliphatic hydroxyl groups excluding tert-OH is 1. The number of halogens is 1. The zero-order chi connectivity index (χ0) is 14.5. The number of carbonyl (C=O) groups excluding carboxylic acids is 1. The molecule has 0 aliphatic rings. The minimum absolute atomic E-state index is 0.120. The third-order valence-corrected chi connectivity index (χ3v) is 3.06. The lowest BCUT2D eigenvalue weighted by atomic mass is 10.1. The molecule has 0 aliphatic heterocycles. The second-order valence-corrected chi connectivity index (χ2v) is 6.60. The van der Waals surface area contributed by atoms with Crippen LogP contribution in [0.25, 0.3) is 0 Å². The number of benzene rings is 1. The fourth-order valence-corrected chi connectivity index (χ4v) is 1.90. The molecule has 1 rings (SSSR count). The topological polar surface area (TPSA) is 58.6 Å². The van der Waals surface area contributed by atoms with Crippen LogP contribution >= 0.6 is 22.6 Å². The Bertz CT molecular complexity index is 412. The SMILES string of the molecule is CC(C)(C)OC(=O)N[C@H](CO)Cc1ccc(I)cc1. The van der Waals surface area contributed by atoms with Gasteiger partial charge in [0.2, 0.25) is 0 Å². The number of rotatable bonds is 4. The second-order valence-electron chi connectivity index (χ2n) is 5.36. The van der Waals surface area contributed by atoms with Gasteiger partial charge in [-0.1, -0.05) is 12.1 Å². The Morgan fingerprint density at radius 1 is 1.37 bits per heavy atom. The first-order valence-corrected chi connectivity index (χ1v) is 7.23. The predicted octanol–water partition coefficient (Wildman–Crippen LogP) is 2.72. The molecule has 0 heterocycles. The van der Waals surface area contributed by atoms with E-state index in [4.69, 9.17) is 4.74 Å². The molecule has 106 valence electrons. The quantitative estimate of drug-likeness (QED) is 0.794. The molecule has 1 atom stereocenters. The minimum Gasteiger partial charge on any atom is -0.444 e. The van der Waals surface area contributed by atoms with E-state index >= 15 is 0 Å². The Balaban J connectivity index is 2.54. The third kappa shape index (κ3) is 6.77. The Morgan fingerprint density at radius 2 is 1.95 bits per heavy atom. The smallest absolute Gasteiger partial charge is 0.407 e. The minimum atomic E-state index is -0.535. The van der Waals surface area contributed by atoms with Crippen LogP contribution in [-0.2, 0) is 11.2 Å². The van der Waals surface area contributed by atoms with Crippen LogP contribution in [-0.4, -0.2) is 29.4 Å². The van der Waals surface area contributed by atoms with Crippen molar-refractivity contribution < 1.29 is 14.6 Å². The van der Waals surface area contributed by atoms with E-state index in [1.807, 2.05) is 24.3 Å². The zero-order valence-electron chi connectivity index (χ0n) is 11.4. The lowest BCUT2D eigenvalue weighted by Crippen LogP contribution is -2.42. The van der Waals surface area contributed by atoms with Crippen LogP contribution in [0.2, 0.25) is 0 Å². The average Bonchev–Trinajstić information content (AvgIpc) is 2.28. The Morgan fingerprint density at radius 3 is 2.42 bits per heavy atom. The number of hydrogen-bond donors (Lipinski definition) is 2. The van der Waals surface area contributed by atoms with Gasteiger partial charge < -0.3 is 15.2 Å². The fourth-order valence-electron chi connectivity index (χ4n) is 1.54. The van der Waals surface area contributed by atoms with E-state index in [0.29, 0.717) is 6.42 Å². The lowest BCUT2D eigenvalue weighted by molar-refractivity contribution is 0.0483. The first kappa shape index (κ1) is 16.2. The molecule has 0 radical (unpaired) electrons. The molecule has 4 nitrogen and oxygen atoms in total. The van der Waals surface area contributed by atoms with E-state index in [1.165, 1.54) is 0 Å². The molecule has 1 aromatic rings. The Hall–Kier alpha value is -0.820. The molecule has 1 amide bonds. The summed E-state index contributed by atoms with van der Waals surface area (Å²) < 4.78 is 6.32. The Labute approximate surface area is 127 Å². The van der Waals surface area contributed by atoms with Crippen molar-refractivity contribution in [3.05, 3.63) is 33.4 Å². The van der Waals surface area contributed by atoms with E-state index in [-0.39, 0.29) is 12.6 Å². The third-order valence-electron chi connectivity index (χ3n) is 2.34. The number of carbonyl (C=O) groups is 1. The van der Waals surface area contributed by atoms with Gasteiger partial charge in [0.05, 0.1) is 12.6 Å². The van der Waals surface area contributed by atoms with Crippen molar-refractivity contribution in [1.82, 2.24) is 5.32 Å². The molecule has 0 aliphatic carbocycles. The number of aliphatic hydroxyl groups is 1. The van der Waals surface area contributed by atoms with Gasteiger partial charge in [-0.05, 0) is 67.5 Å². The normalized spacial score (nSPS) is 12.9. The molecule has 1 aromatic carbocycles. The van der Waals surface area contributed by atoms with Crippen molar-refractivity contribution in [2.75, 3.05) is 6.61 Å². The van der Waals surface area contributed by atoms with Gasteiger partial charge in [-0.3, -0.25) is 0 Å². The van der Waals surface area contributed by atoms with E-state index in [0.717, 1.165) is 9.13 Å². The van der Waals surface area contributed by atoms with Gasteiger partial charge in [0.15, 0.2) is 0 Å². The molecule has 0 unspecified atom stereocenters. The van der Waals surface area contributed by atoms with Crippen LogP contribution in [0.1, 0.15) is 26.3 Å². The van der Waals surface area contributed by atoms with Crippen LogP contribution in [0, 0.1) is 3.57 Å². The summed E-state index contributed by atoms with van der Waals surface area (Å²) in [6.45, 7) is 5.30. The highest BCUT2D eigenvalue weighted by atomic mass is 127. The number of hydrogen-bond acceptors (Lipinski definition) is 3. The van der Waals surface area contributed by atoms with E-state index < -0.39 is 11.7 Å². The number of nitrogens with one attached hydrogen (secondary N) is 1. The van der Waals surface area contributed by atoms with Gasteiger partial charge in [0, 0.05) is 3.57 Å². The van der Waals surface area contributed by atoms with Crippen molar-refractivity contribution in [3.63, 3.8) is 0 Å². The van der Waals surface area contributed by atoms with Crippen molar-refractivity contribution in [2.24, 2.45) is 0 Å². The van der Waals surface area contributed by atoms with Crippen molar-refractivity contribution in [2.45, 2.75) is 38.8 Å². The molecule has 0 saturated carbocycles. The summed E-state index contributed by atoms with van der Waals surface area (Å²) in [5.74, 6) is 0. The van der Waals surface area contributed by atoms with Crippen LogP contribution in [0.3, 0.4) is 0 Å². The summed E-state index contributed by atoms with van der Waals surface area (Å²) in [5, 5.41) is 12.0. The molecule has 0 bridgehead atoms. The maximum absolute atomic E-state index is 11.6. The maximum atomic E-state index is 11.6. The summed E-state index contributed by atoms with van der Waals surface area (Å²) in [6, 6.07) is 7.63. The van der Waals surface area contributed by atoms with Gasteiger partial charge in [-0.25, -0.2) is 4.79 Å². The second kappa shape index (κ2) is 7.09. The molecule has 19 heavy (non-hydrogen) atoms. The summed E-state index contributed by atoms with van der Waals surface area (Å²) >= 11 is 2.23. The summed E-state index contributed by atoms with van der Waals surface area (Å²) in [5.41, 5.74) is 0.531. The highest BCUT2D eigenvalue weighted by Gasteiger charge is 2.19. The van der Waals surface area contributed by atoms with Crippen LogP contribution < -0.4 is 5.32 Å². The van der Waals surface area contributed by atoms with E-state index in [2.05, 4.69) is 27.9 Å². The van der Waals surface area contributed by atoms with Gasteiger partial charge >= 0.3 is 6.09 Å². The van der Waals surface area contributed by atoms with Crippen LogP contribution in [0.15, 0.2) is 24.3 Å². The van der Waals surface area contributed by atoms with Crippen molar-refractivity contribution in [1.29, 1.82) is 0 Å². The molecular weight excluding hydrogens is 357 g/mol. The fraction of sp³-hybridized carbons (Fsp3) is 0.500. The lowest BCUT2D eigenvalue weighted by Gasteiger charge is -2.22. The maximum Gasteiger partial charge on any atom is 0.407 e. The van der Waals surface area contributed by atoms with Crippen molar-refractivity contribution >= 4 is 28.7 Å². The number of amides is 1. The molecular formula is C14H20INO3. The van der Waals surface area contributed by atoms with Crippen LogP contribution in [0.4, 0.5) is 4.79 Å². The van der Waals surface area contributed by atoms with Crippen LogP contribution in [0.5, 0.6) is 0 Å². The number of ether oxygens (including phenoxy) is 1. The van der Waals surface area contributed by atoms with E-state index in [1.54, 1.807) is 20.8 Å². The van der Waals surface area contributed by atoms with Gasteiger partial charge in [-0.15, -0.1) is 0 Å². The first-order valence-electron chi connectivity index (χ1n) is 6.15.